The molecule has 0 radical (unpaired) electrons. The van der Waals surface area contributed by atoms with E-state index >= 15 is 0 Å². The van der Waals surface area contributed by atoms with Crippen molar-refractivity contribution in [2.24, 2.45) is 0 Å². The van der Waals surface area contributed by atoms with E-state index in [1.54, 1.807) is 25.2 Å². The zero-order chi connectivity index (χ0) is 15.4. The Bertz CT molecular complexity index is 634. The van der Waals surface area contributed by atoms with Crippen LogP contribution in [0.4, 0.5) is 8.78 Å². The molecule has 1 N–H and O–H groups in total. The Hall–Kier alpha value is -1.65. The molecular weight excluding hydrogens is 296 g/mol. The first-order valence-electron chi connectivity index (χ1n) is 6.49. The molecule has 2 aromatic carbocycles. The fraction of sp³-hybridized carbons (Fsp3) is 0.250. The lowest BCUT2D eigenvalue weighted by Crippen LogP contribution is -2.19. The van der Waals surface area contributed by atoms with Gasteiger partial charge in [0.2, 0.25) is 0 Å². The molecule has 2 nitrogen and oxygen atoms in total. The van der Waals surface area contributed by atoms with Gasteiger partial charge in [-0.2, -0.15) is 0 Å². The minimum atomic E-state index is -0.463. The highest BCUT2D eigenvalue weighted by Crippen LogP contribution is 2.25. The van der Waals surface area contributed by atoms with Crippen LogP contribution in [0, 0.1) is 11.6 Å². The molecule has 0 aliphatic rings. The van der Waals surface area contributed by atoms with Crippen LogP contribution >= 0.6 is 11.6 Å². The summed E-state index contributed by atoms with van der Waals surface area (Å²) in [5.74, 6) is -0.667. The zero-order valence-corrected chi connectivity index (χ0v) is 12.5. The molecule has 0 bridgehead atoms. The molecule has 0 heterocycles. The van der Waals surface area contributed by atoms with Gasteiger partial charge in [0.05, 0.1) is 12.1 Å². The van der Waals surface area contributed by atoms with Crippen molar-refractivity contribution in [3.8, 4) is 5.75 Å². The van der Waals surface area contributed by atoms with Crippen molar-refractivity contribution in [2.75, 3.05) is 14.2 Å². The summed E-state index contributed by atoms with van der Waals surface area (Å²) in [6.45, 7) is 0. The molecule has 0 amide bonds. The number of halogens is 3. The molecule has 2 aromatic rings. The lowest BCUT2D eigenvalue weighted by Gasteiger charge is -2.17. The average molecular weight is 312 g/mol. The Kier molecular flexibility index (Phi) is 5.15. The van der Waals surface area contributed by atoms with Gasteiger partial charge in [-0.1, -0.05) is 23.7 Å². The first-order chi connectivity index (χ1) is 10.0. The van der Waals surface area contributed by atoms with E-state index < -0.39 is 11.6 Å². The van der Waals surface area contributed by atoms with Crippen molar-refractivity contribution >= 4 is 11.6 Å². The SMILES string of the molecule is CNC(Cc1ccc(OC)c(F)c1)c1ccc(Cl)c(F)c1. The van der Waals surface area contributed by atoms with Gasteiger partial charge in [0.15, 0.2) is 11.6 Å². The number of rotatable bonds is 5. The van der Waals surface area contributed by atoms with E-state index in [4.69, 9.17) is 16.3 Å². The summed E-state index contributed by atoms with van der Waals surface area (Å²) in [7, 11) is 3.20. The number of hydrogen-bond acceptors (Lipinski definition) is 2. The van der Waals surface area contributed by atoms with Gasteiger partial charge in [0, 0.05) is 6.04 Å². The van der Waals surface area contributed by atoms with E-state index in [-0.39, 0.29) is 16.8 Å². The third-order valence-corrected chi connectivity index (χ3v) is 3.66. The molecule has 0 aromatic heterocycles. The molecule has 1 atom stereocenters. The Labute approximate surface area is 127 Å². The summed E-state index contributed by atoms with van der Waals surface area (Å²) in [6.07, 6.45) is 0.526. The van der Waals surface area contributed by atoms with E-state index in [1.807, 2.05) is 0 Å². The van der Waals surface area contributed by atoms with Gasteiger partial charge in [0.25, 0.3) is 0 Å². The van der Waals surface area contributed by atoms with Crippen LogP contribution in [0.25, 0.3) is 0 Å². The van der Waals surface area contributed by atoms with Gasteiger partial charge in [-0.25, -0.2) is 8.78 Å². The van der Waals surface area contributed by atoms with Crippen molar-refractivity contribution in [2.45, 2.75) is 12.5 Å². The topological polar surface area (TPSA) is 21.3 Å². The highest BCUT2D eigenvalue weighted by molar-refractivity contribution is 6.30. The molecular formula is C16H16ClF2NO. The van der Waals surface area contributed by atoms with Crippen LogP contribution in [-0.4, -0.2) is 14.2 Å². The van der Waals surface area contributed by atoms with Crippen molar-refractivity contribution in [1.82, 2.24) is 5.32 Å². The molecule has 0 aliphatic carbocycles. The van der Waals surface area contributed by atoms with E-state index in [0.717, 1.165) is 11.1 Å². The highest BCUT2D eigenvalue weighted by Gasteiger charge is 2.13. The average Bonchev–Trinajstić information content (AvgIpc) is 2.48. The number of nitrogens with one attached hydrogen (secondary N) is 1. The van der Waals surface area contributed by atoms with Crippen LogP contribution in [0.3, 0.4) is 0 Å². The normalized spacial score (nSPS) is 12.2. The van der Waals surface area contributed by atoms with Gasteiger partial charge >= 0.3 is 0 Å². The zero-order valence-electron chi connectivity index (χ0n) is 11.8. The molecule has 21 heavy (non-hydrogen) atoms. The lowest BCUT2D eigenvalue weighted by molar-refractivity contribution is 0.386. The third-order valence-electron chi connectivity index (χ3n) is 3.35. The maximum atomic E-state index is 13.7. The summed E-state index contributed by atoms with van der Waals surface area (Å²) in [5, 5.41) is 3.19. The standard InChI is InChI=1S/C16H16ClF2NO/c1-20-15(11-4-5-12(17)13(18)9-11)8-10-3-6-16(21-2)14(19)7-10/h3-7,9,15,20H,8H2,1-2H3. The van der Waals surface area contributed by atoms with Crippen LogP contribution < -0.4 is 10.1 Å². The van der Waals surface area contributed by atoms with E-state index in [2.05, 4.69) is 5.32 Å². The highest BCUT2D eigenvalue weighted by atomic mass is 35.5. The number of hydrogen-bond donors (Lipinski definition) is 1. The molecule has 1 unspecified atom stereocenters. The van der Waals surface area contributed by atoms with Gasteiger partial charge in [-0.3, -0.25) is 0 Å². The second-order valence-corrected chi connectivity index (χ2v) is 5.10. The van der Waals surface area contributed by atoms with Crippen LogP contribution in [0.15, 0.2) is 36.4 Å². The molecule has 112 valence electrons. The first kappa shape index (κ1) is 15.7. The number of benzene rings is 2. The Morgan fingerprint density at radius 3 is 2.48 bits per heavy atom. The minimum absolute atomic E-state index is 0.0871. The van der Waals surface area contributed by atoms with Crippen LogP contribution in [-0.2, 0) is 6.42 Å². The summed E-state index contributed by atoms with van der Waals surface area (Å²) >= 11 is 5.68. The first-order valence-corrected chi connectivity index (χ1v) is 6.87. The van der Waals surface area contributed by atoms with Crippen molar-refractivity contribution in [3.63, 3.8) is 0 Å². The third kappa shape index (κ3) is 3.71. The van der Waals surface area contributed by atoms with Crippen molar-refractivity contribution in [3.05, 3.63) is 64.2 Å². The lowest BCUT2D eigenvalue weighted by atomic mass is 9.98. The quantitative estimate of drug-likeness (QED) is 0.896. The molecule has 0 fully saturated rings. The van der Waals surface area contributed by atoms with E-state index in [9.17, 15) is 8.78 Å². The summed E-state index contributed by atoms with van der Waals surface area (Å²) < 4.78 is 32.1. The van der Waals surface area contributed by atoms with Crippen molar-refractivity contribution in [1.29, 1.82) is 0 Å². The number of likely N-dealkylation sites (N-methyl/N-ethyl adjacent to an activating group) is 1. The molecule has 0 spiro atoms. The maximum absolute atomic E-state index is 13.7. The monoisotopic (exact) mass is 311 g/mol. The largest absolute Gasteiger partial charge is 0.494 e. The molecule has 2 rings (SSSR count). The predicted molar refractivity (Wildman–Crippen MR) is 79.9 cm³/mol. The molecule has 5 heteroatoms. The van der Waals surface area contributed by atoms with Gasteiger partial charge < -0.3 is 10.1 Å². The van der Waals surface area contributed by atoms with Gasteiger partial charge in [0.1, 0.15) is 5.82 Å². The van der Waals surface area contributed by atoms with Crippen LogP contribution in [0.2, 0.25) is 5.02 Å². The molecule has 0 saturated carbocycles. The molecule has 0 saturated heterocycles. The fourth-order valence-electron chi connectivity index (χ4n) is 2.19. The minimum Gasteiger partial charge on any atom is -0.494 e. The van der Waals surface area contributed by atoms with Gasteiger partial charge in [-0.05, 0) is 48.9 Å². The summed E-state index contributed by atoms with van der Waals surface area (Å²) in [6, 6.07) is 9.33. The smallest absolute Gasteiger partial charge is 0.165 e. The van der Waals surface area contributed by atoms with Crippen LogP contribution in [0.5, 0.6) is 5.75 Å². The number of ether oxygens (including phenoxy) is 1. The Morgan fingerprint density at radius 1 is 1.14 bits per heavy atom. The maximum Gasteiger partial charge on any atom is 0.165 e. The van der Waals surface area contributed by atoms with E-state index in [0.29, 0.717) is 6.42 Å². The number of methoxy groups -OCH3 is 1. The van der Waals surface area contributed by atoms with Gasteiger partial charge in [-0.15, -0.1) is 0 Å². The molecule has 0 aliphatic heterocycles. The Balaban J connectivity index is 2.22. The van der Waals surface area contributed by atoms with Crippen LogP contribution in [0.1, 0.15) is 17.2 Å². The van der Waals surface area contributed by atoms with Crippen molar-refractivity contribution < 1.29 is 13.5 Å². The predicted octanol–water partition coefficient (Wildman–Crippen LogP) is 4.13. The second-order valence-electron chi connectivity index (χ2n) is 4.69. The fourth-order valence-corrected chi connectivity index (χ4v) is 2.31. The Morgan fingerprint density at radius 2 is 1.90 bits per heavy atom. The second kappa shape index (κ2) is 6.87. The summed E-state index contributed by atoms with van der Waals surface area (Å²) in [4.78, 5) is 0. The summed E-state index contributed by atoms with van der Waals surface area (Å²) in [5.41, 5.74) is 1.55. The van der Waals surface area contributed by atoms with E-state index in [1.165, 1.54) is 25.3 Å².